The Balaban J connectivity index is 1.81. The molecule has 0 radical (unpaired) electrons. The molecule has 1 saturated carbocycles. The fraction of sp³-hybridized carbons (Fsp3) is 0.727. The van der Waals surface area contributed by atoms with Gasteiger partial charge in [0.1, 0.15) is 5.01 Å². The van der Waals surface area contributed by atoms with E-state index in [2.05, 4.69) is 10.3 Å². The molecule has 15 heavy (non-hydrogen) atoms. The maximum Gasteiger partial charge on any atom is 0.106 e. The Bertz CT molecular complexity index is 276. The molecule has 2 unspecified atom stereocenters. The van der Waals surface area contributed by atoms with Gasteiger partial charge in [-0.15, -0.1) is 22.9 Å². The molecule has 1 aliphatic carbocycles. The third kappa shape index (κ3) is 3.44. The predicted molar refractivity (Wildman–Crippen MR) is 65.5 cm³/mol. The van der Waals surface area contributed by atoms with Gasteiger partial charge < -0.3 is 5.32 Å². The van der Waals surface area contributed by atoms with E-state index in [4.69, 9.17) is 11.6 Å². The second-order valence-corrected chi connectivity index (χ2v) is 5.61. The van der Waals surface area contributed by atoms with E-state index >= 15 is 0 Å². The Labute approximate surface area is 100 Å². The Kier molecular flexibility index (Phi) is 4.42. The first-order chi connectivity index (χ1) is 7.36. The highest BCUT2D eigenvalue weighted by atomic mass is 35.5. The lowest BCUT2D eigenvalue weighted by atomic mass is 10.1. The molecular weight excluding hydrogens is 228 g/mol. The van der Waals surface area contributed by atoms with E-state index < -0.39 is 0 Å². The molecule has 0 spiro atoms. The van der Waals surface area contributed by atoms with Gasteiger partial charge in [-0.1, -0.05) is 19.3 Å². The summed E-state index contributed by atoms with van der Waals surface area (Å²) in [6.07, 6.45) is 8.13. The van der Waals surface area contributed by atoms with Gasteiger partial charge in [0.05, 0.1) is 0 Å². The van der Waals surface area contributed by atoms with E-state index in [9.17, 15) is 0 Å². The maximum atomic E-state index is 6.35. The summed E-state index contributed by atoms with van der Waals surface area (Å²) in [5.74, 6) is 0. The van der Waals surface area contributed by atoms with Crippen LogP contribution in [0.25, 0.3) is 0 Å². The van der Waals surface area contributed by atoms with E-state index in [1.807, 2.05) is 11.6 Å². The van der Waals surface area contributed by atoms with Gasteiger partial charge in [0.2, 0.25) is 0 Å². The highest BCUT2D eigenvalue weighted by Crippen LogP contribution is 2.22. The molecule has 0 aromatic carbocycles. The van der Waals surface area contributed by atoms with Crippen LogP contribution in [0.2, 0.25) is 0 Å². The van der Waals surface area contributed by atoms with Crippen LogP contribution in [0.4, 0.5) is 0 Å². The van der Waals surface area contributed by atoms with Crippen molar-refractivity contribution >= 4 is 22.9 Å². The summed E-state index contributed by atoms with van der Waals surface area (Å²) in [5, 5.41) is 7.00. The molecule has 1 aliphatic rings. The molecule has 2 rings (SSSR count). The zero-order valence-corrected chi connectivity index (χ0v) is 10.4. The normalized spacial score (nSPS) is 27.5. The molecule has 0 amide bonds. The number of aromatic nitrogens is 1. The van der Waals surface area contributed by atoms with Crippen molar-refractivity contribution in [1.82, 2.24) is 10.3 Å². The lowest BCUT2D eigenvalue weighted by molar-refractivity contribution is 0.464. The summed E-state index contributed by atoms with van der Waals surface area (Å²) in [6, 6.07) is 0.470. The summed E-state index contributed by atoms with van der Waals surface area (Å²) < 4.78 is 0. The first-order valence-corrected chi connectivity index (χ1v) is 6.93. The van der Waals surface area contributed by atoms with E-state index in [1.54, 1.807) is 11.3 Å². The standard InChI is InChI=1S/C11H17ClN2S/c12-9-4-2-1-3-5-10(9)14-8-11-13-6-7-15-11/h6-7,9-10,14H,1-5,8H2. The number of rotatable bonds is 3. The first kappa shape index (κ1) is 11.4. The van der Waals surface area contributed by atoms with Crippen LogP contribution in [0, 0.1) is 0 Å². The van der Waals surface area contributed by atoms with Crippen molar-refractivity contribution in [2.24, 2.45) is 0 Å². The van der Waals surface area contributed by atoms with Gasteiger partial charge in [-0.05, 0) is 12.8 Å². The Morgan fingerprint density at radius 2 is 2.27 bits per heavy atom. The van der Waals surface area contributed by atoms with Crippen LogP contribution >= 0.6 is 22.9 Å². The van der Waals surface area contributed by atoms with Crippen molar-refractivity contribution in [1.29, 1.82) is 0 Å². The molecule has 1 N–H and O–H groups in total. The first-order valence-electron chi connectivity index (χ1n) is 5.62. The van der Waals surface area contributed by atoms with E-state index in [0.717, 1.165) is 18.0 Å². The van der Waals surface area contributed by atoms with E-state index in [1.165, 1.54) is 25.7 Å². The molecule has 1 aromatic rings. The monoisotopic (exact) mass is 244 g/mol. The topological polar surface area (TPSA) is 24.9 Å². The number of hydrogen-bond acceptors (Lipinski definition) is 3. The number of halogens is 1. The SMILES string of the molecule is ClC1CCCCCC1NCc1nccs1. The number of alkyl halides is 1. The summed E-state index contributed by atoms with van der Waals surface area (Å²) in [6.45, 7) is 0.867. The van der Waals surface area contributed by atoms with Gasteiger partial charge >= 0.3 is 0 Å². The Hall–Kier alpha value is -0.120. The van der Waals surface area contributed by atoms with Crippen LogP contribution < -0.4 is 5.32 Å². The molecule has 4 heteroatoms. The molecule has 0 aliphatic heterocycles. The van der Waals surface area contributed by atoms with Crippen molar-refractivity contribution in [2.45, 2.75) is 50.1 Å². The van der Waals surface area contributed by atoms with Crippen molar-refractivity contribution in [3.8, 4) is 0 Å². The average Bonchev–Trinajstić information content (AvgIpc) is 2.67. The van der Waals surface area contributed by atoms with Gasteiger partial charge in [0, 0.05) is 29.5 Å². The second kappa shape index (κ2) is 5.83. The predicted octanol–water partition coefficient (Wildman–Crippen LogP) is 3.17. The lowest BCUT2D eigenvalue weighted by Crippen LogP contribution is -2.35. The van der Waals surface area contributed by atoms with Crippen LogP contribution in [0.1, 0.15) is 37.1 Å². The van der Waals surface area contributed by atoms with Gasteiger partial charge in [0.25, 0.3) is 0 Å². The van der Waals surface area contributed by atoms with Gasteiger partial charge in [-0.2, -0.15) is 0 Å². The molecule has 2 nitrogen and oxygen atoms in total. The molecule has 0 bridgehead atoms. The number of thiazole rings is 1. The highest BCUT2D eigenvalue weighted by molar-refractivity contribution is 7.09. The Morgan fingerprint density at radius 3 is 3.07 bits per heavy atom. The number of hydrogen-bond donors (Lipinski definition) is 1. The van der Waals surface area contributed by atoms with Crippen molar-refractivity contribution in [3.05, 3.63) is 16.6 Å². The molecule has 1 heterocycles. The molecule has 1 fully saturated rings. The maximum absolute atomic E-state index is 6.35. The third-order valence-corrected chi connectivity index (χ3v) is 4.23. The van der Waals surface area contributed by atoms with Crippen LogP contribution in [0.15, 0.2) is 11.6 Å². The summed E-state index contributed by atoms with van der Waals surface area (Å²) >= 11 is 8.05. The summed E-state index contributed by atoms with van der Waals surface area (Å²) in [4.78, 5) is 4.26. The fourth-order valence-electron chi connectivity index (χ4n) is 2.05. The van der Waals surface area contributed by atoms with E-state index in [-0.39, 0.29) is 0 Å². The summed E-state index contributed by atoms with van der Waals surface area (Å²) in [7, 11) is 0. The van der Waals surface area contributed by atoms with Crippen molar-refractivity contribution in [2.75, 3.05) is 0 Å². The fourth-order valence-corrected chi connectivity index (χ4v) is 2.99. The quantitative estimate of drug-likeness (QED) is 0.653. The second-order valence-electron chi connectivity index (χ2n) is 4.07. The molecule has 1 aromatic heterocycles. The molecule has 84 valence electrons. The largest absolute Gasteiger partial charge is 0.306 e. The van der Waals surface area contributed by atoms with Crippen LogP contribution in [0.5, 0.6) is 0 Å². The van der Waals surface area contributed by atoms with Gasteiger partial charge in [0.15, 0.2) is 0 Å². The third-order valence-electron chi connectivity index (χ3n) is 2.93. The molecular formula is C11H17ClN2S. The van der Waals surface area contributed by atoms with Crippen molar-refractivity contribution < 1.29 is 0 Å². The minimum absolute atomic E-state index is 0.299. The average molecular weight is 245 g/mol. The van der Waals surface area contributed by atoms with Gasteiger partial charge in [-0.3, -0.25) is 0 Å². The highest BCUT2D eigenvalue weighted by Gasteiger charge is 2.21. The molecule has 0 saturated heterocycles. The van der Waals surface area contributed by atoms with Crippen LogP contribution in [-0.2, 0) is 6.54 Å². The minimum Gasteiger partial charge on any atom is -0.306 e. The van der Waals surface area contributed by atoms with Gasteiger partial charge in [-0.25, -0.2) is 4.98 Å². The van der Waals surface area contributed by atoms with Crippen LogP contribution in [-0.4, -0.2) is 16.4 Å². The molecule has 2 atom stereocenters. The van der Waals surface area contributed by atoms with E-state index in [0.29, 0.717) is 11.4 Å². The van der Waals surface area contributed by atoms with Crippen molar-refractivity contribution in [3.63, 3.8) is 0 Å². The van der Waals surface area contributed by atoms with Crippen LogP contribution in [0.3, 0.4) is 0 Å². The number of nitrogens with zero attached hydrogens (tertiary/aromatic N) is 1. The minimum atomic E-state index is 0.299. The number of nitrogens with one attached hydrogen (secondary N) is 1. The zero-order valence-electron chi connectivity index (χ0n) is 8.79. The lowest BCUT2D eigenvalue weighted by Gasteiger charge is -2.20. The summed E-state index contributed by atoms with van der Waals surface area (Å²) in [5.41, 5.74) is 0. The zero-order chi connectivity index (χ0) is 10.5. The Morgan fingerprint density at radius 1 is 1.40 bits per heavy atom. The smallest absolute Gasteiger partial charge is 0.106 e.